The van der Waals surface area contributed by atoms with E-state index in [2.05, 4.69) is 34.1 Å². The minimum atomic E-state index is -0.565. The number of rotatable bonds is 8. The van der Waals surface area contributed by atoms with E-state index in [-0.39, 0.29) is 30.3 Å². The van der Waals surface area contributed by atoms with E-state index in [1.54, 1.807) is 18.5 Å². The van der Waals surface area contributed by atoms with E-state index in [9.17, 15) is 9.59 Å². The van der Waals surface area contributed by atoms with Gasteiger partial charge >= 0.3 is 5.97 Å². The van der Waals surface area contributed by atoms with Crippen LogP contribution in [0.4, 0.5) is 5.95 Å². The number of imidazole rings is 1. The molecule has 2 aromatic carbocycles. The summed E-state index contributed by atoms with van der Waals surface area (Å²) in [5.41, 5.74) is 3.61. The number of nitrogens with zero attached hydrogens (tertiary/aromatic N) is 4. The third kappa shape index (κ3) is 6.58. The molecule has 0 aliphatic rings. The second-order valence-corrected chi connectivity index (χ2v) is 10.4. The number of amides is 1. The zero-order valence-electron chi connectivity index (χ0n) is 22.0. The van der Waals surface area contributed by atoms with Crippen molar-refractivity contribution in [3.05, 3.63) is 77.7 Å². The molecule has 0 saturated carbocycles. The Kier molecular flexibility index (Phi) is 7.66. The van der Waals surface area contributed by atoms with E-state index in [0.29, 0.717) is 24.2 Å². The van der Waals surface area contributed by atoms with Gasteiger partial charge in [-0.1, -0.05) is 42.5 Å². The van der Waals surface area contributed by atoms with Crippen molar-refractivity contribution in [2.24, 2.45) is 5.41 Å². The number of anilines is 1. The topological polar surface area (TPSA) is 99.0 Å². The summed E-state index contributed by atoms with van der Waals surface area (Å²) < 4.78 is 7.44. The fourth-order valence-corrected chi connectivity index (χ4v) is 3.78. The first-order chi connectivity index (χ1) is 17.6. The SMILES string of the molecule is CC(C)n1cnc2c(CCc3ccc(OC(=O)C(C)(C)C)cc3)nc(NC(=O)Cc3ccccc3)nc21. The summed E-state index contributed by atoms with van der Waals surface area (Å²) in [7, 11) is 0. The predicted molar refractivity (Wildman–Crippen MR) is 143 cm³/mol. The first-order valence-electron chi connectivity index (χ1n) is 12.5. The van der Waals surface area contributed by atoms with Gasteiger partial charge in [0, 0.05) is 6.04 Å². The minimum Gasteiger partial charge on any atom is -0.426 e. The molecule has 0 fully saturated rings. The van der Waals surface area contributed by atoms with Crippen molar-refractivity contribution < 1.29 is 14.3 Å². The van der Waals surface area contributed by atoms with Crippen molar-refractivity contribution >= 4 is 29.0 Å². The molecular weight excluding hydrogens is 466 g/mol. The molecule has 0 aliphatic heterocycles. The van der Waals surface area contributed by atoms with Crippen LogP contribution in [0, 0.1) is 5.41 Å². The summed E-state index contributed by atoms with van der Waals surface area (Å²) in [5.74, 6) is 0.348. The molecule has 192 valence electrons. The Labute approximate surface area is 217 Å². The number of hydrogen-bond donors (Lipinski definition) is 1. The minimum absolute atomic E-state index is 0.156. The van der Waals surface area contributed by atoms with Gasteiger partial charge in [-0.3, -0.25) is 14.9 Å². The van der Waals surface area contributed by atoms with Crippen molar-refractivity contribution in [1.82, 2.24) is 19.5 Å². The molecule has 8 nitrogen and oxygen atoms in total. The maximum absolute atomic E-state index is 12.7. The summed E-state index contributed by atoms with van der Waals surface area (Å²) in [6.45, 7) is 9.59. The highest BCUT2D eigenvalue weighted by Crippen LogP contribution is 2.23. The quantitative estimate of drug-likeness (QED) is 0.260. The zero-order valence-corrected chi connectivity index (χ0v) is 22.0. The number of carbonyl (C=O) groups is 2. The van der Waals surface area contributed by atoms with E-state index < -0.39 is 5.41 Å². The van der Waals surface area contributed by atoms with Gasteiger partial charge in [0.25, 0.3) is 0 Å². The van der Waals surface area contributed by atoms with Gasteiger partial charge in [0.15, 0.2) is 5.65 Å². The average molecular weight is 500 g/mol. The van der Waals surface area contributed by atoms with Crippen molar-refractivity contribution in [3.8, 4) is 5.75 Å². The number of fused-ring (bicyclic) bond motifs is 1. The van der Waals surface area contributed by atoms with Crippen LogP contribution in [-0.4, -0.2) is 31.4 Å². The zero-order chi connectivity index (χ0) is 26.6. The predicted octanol–water partition coefficient (Wildman–Crippen LogP) is 5.33. The standard InChI is InChI=1S/C29H33N5O3/c1-19(2)34-18-30-25-23(16-13-20-11-14-22(15-12-20)37-27(36)29(3,4)5)31-28(33-26(25)34)32-24(35)17-21-9-7-6-8-10-21/h6-12,14-15,18-19H,13,16-17H2,1-5H3,(H,31,32,33,35). The van der Waals surface area contributed by atoms with Gasteiger partial charge in [-0.25, -0.2) is 9.97 Å². The summed E-state index contributed by atoms with van der Waals surface area (Å²) in [6, 6.07) is 17.2. The van der Waals surface area contributed by atoms with Gasteiger partial charge in [0.1, 0.15) is 11.3 Å². The average Bonchev–Trinajstić information content (AvgIpc) is 3.28. The maximum atomic E-state index is 12.7. The number of esters is 1. The summed E-state index contributed by atoms with van der Waals surface area (Å²) in [4.78, 5) is 38.7. The van der Waals surface area contributed by atoms with E-state index in [1.807, 2.05) is 67.8 Å². The number of hydrogen-bond acceptors (Lipinski definition) is 6. The molecule has 2 aromatic heterocycles. The monoisotopic (exact) mass is 499 g/mol. The lowest BCUT2D eigenvalue weighted by Crippen LogP contribution is -2.25. The molecule has 4 rings (SSSR count). The molecule has 1 N–H and O–H groups in total. The second kappa shape index (κ2) is 10.9. The lowest BCUT2D eigenvalue weighted by atomic mass is 9.97. The molecule has 2 heterocycles. The van der Waals surface area contributed by atoms with Crippen LogP contribution in [0.15, 0.2) is 60.9 Å². The molecular formula is C29H33N5O3. The number of benzene rings is 2. The molecule has 8 heteroatoms. The number of aryl methyl sites for hydroxylation is 2. The molecule has 4 aromatic rings. The number of carbonyl (C=O) groups excluding carboxylic acids is 2. The van der Waals surface area contributed by atoms with Crippen LogP contribution < -0.4 is 10.1 Å². The maximum Gasteiger partial charge on any atom is 0.316 e. The Balaban J connectivity index is 1.52. The van der Waals surface area contributed by atoms with Crippen LogP contribution in [0.25, 0.3) is 11.2 Å². The summed E-state index contributed by atoms with van der Waals surface area (Å²) in [6.07, 6.45) is 3.32. The van der Waals surface area contributed by atoms with Crippen LogP contribution in [0.3, 0.4) is 0 Å². The van der Waals surface area contributed by atoms with Gasteiger partial charge in [0.2, 0.25) is 11.9 Å². The molecule has 0 aliphatic carbocycles. The Hall–Kier alpha value is -4.07. The van der Waals surface area contributed by atoms with Crippen molar-refractivity contribution in [2.45, 2.75) is 59.9 Å². The highest BCUT2D eigenvalue weighted by molar-refractivity contribution is 5.91. The van der Waals surface area contributed by atoms with E-state index in [0.717, 1.165) is 22.3 Å². The van der Waals surface area contributed by atoms with Crippen LogP contribution in [0.1, 0.15) is 57.5 Å². The molecule has 0 saturated heterocycles. The Morgan fingerprint density at radius 1 is 0.946 bits per heavy atom. The van der Waals surface area contributed by atoms with Gasteiger partial charge in [0.05, 0.1) is 23.9 Å². The van der Waals surface area contributed by atoms with Crippen molar-refractivity contribution in [2.75, 3.05) is 5.32 Å². The van der Waals surface area contributed by atoms with E-state index >= 15 is 0 Å². The lowest BCUT2D eigenvalue weighted by Gasteiger charge is -2.16. The third-order valence-corrected chi connectivity index (χ3v) is 5.91. The highest BCUT2D eigenvalue weighted by atomic mass is 16.5. The Morgan fingerprint density at radius 2 is 1.65 bits per heavy atom. The molecule has 0 radical (unpaired) electrons. The lowest BCUT2D eigenvalue weighted by molar-refractivity contribution is -0.143. The summed E-state index contributed by atoms with van der Waals surface area (Å²) >= 11 is 0. The first kappa shape index (κ1) is 26.0. The smallest absolute Gasteiger partial charge is 0.316 e. The van der Waals surface area contributed by atoms with Crippen LogP contribution in [0.2, 0.25) is 0 Å². The van der Waals surface area contributed by atoms with Crippen molar-refractivity contribution in [1.29, 1.82) is 0 Å². The number of nitrogens with one attached hydrogen (secondary N) is 1. The molecule has 0 unspecified atom stereocenters. The normalized spacial score (nSPS) is 11.6. The van der Waals surface area contributed by atoms with Crippen molar-refractivity contribution in [3.63, 3.8) is 0 Å². The number of ether oxygens (including phenoxy) is 1. The molecule has 0 bridgehead atoms. The molecule has 1 amide bonds. The van der Waals surface area contributed by atoms with Gasteiger partial charge in [-0.2, -0.15) is 4.98 Å². The van der Waals surface area contributed by atoms with E-state index in [1.165, 1.54) is 0 Å². The third-order valence-electron chi connectivity index (χ3n) is 5.91. The molecule has 37 heavy (non-hydrogen) atoms. The summed E-state index contributed by atoms with van der Waals surface area (Å²) in [5, 5.41) is 2.86. The van der Waals surface area contributed by atoms with Crippen LogP contribution in [-0.2, 0) is 28.9 Å². The van der Waals surface area contributed by atoms with Crippen LogP contribution >= 0.6 is 0 Å². The second-order valence-electron chi connectivity index (χ2n) is 10.4. The fourth-order valence-electron chi connectivity index (χ4n) is 3.78. The largest absolute Gasteiger partial charge is 0.426 e. The molecule has 0 spiro atoms. The van der Waals surface area contributed by atoms with Gasteiger partial charge in [-0.15, -0.1) is 0 Å². The van der Waals surface area contributed by atoms with Gasteiger partial charge < -0.3 is 9.30 Å². The highest BCUT2D eigenvalue weighted by Gasteiger charge is 2.23. The number of aromatic nitrogens is 4. The van der Waals surface area contributed by atoms with E-state index in [4.69, 9.17) is 4.74 Å². The Morgan fingerprint density at radius 3 is 2.30 bits per heavy atom. The Bertz CT molecular complexity index is 1390. The van der Waals surface area contributed by atoms with Gasteiger partial charge in [-0.05, 0) is 70.7 Å². The molecule has 0 atom stereocenters. The van der Waals surface area contributed by atoms with Crippen LogP contribution in [0.5, 0.6) is 5.75 Å². The first-order valence-corrected chi connectivity index (χ1v) is 12.5. The fraction of sp³-hybridized carbons (Fsp3) is 0.345.